The first kappa shape index (κ1) is 14.9. The monoisotopic (exact) mass is 282 g/mol. The summed E-state index contributed by atoms with van der Waals surface area (Å²) in [5.41, 5.74) is 4.26. The van der Waals surface area contributed by atoms with E-state index in [9.17, 15) is 4.79 Å². The molecular formula is C18H18O3. The molecule has 1 N–H and O–H groups in total. The lowest BCUT2D eigenvalue weighted by Crippen LogP contribution is -1.97. The van der Waals surface area contributed by atoms with Crippen molar-refractivity contribution < 1.29 is 14.6 Å². The lowest BCUT2D eigenvalue weighted by atomic mass is 10.1. The van der Waals surface area contributed by atoms with Crippen LogP contribution in [0.5, 0.6) is 5.75 Å². The van der Waals surface area contributed by atoms with Crippen LogP contribution in [-0.2, 0) is 11.4 Å². The third-order valence-corrected chi connectivity index (χ3v) is 3.35. The van der Waals surface area contributed by atoms with E-state index in [4.69, 9.17) is 9.84 Å². The van der Waals surface area contributed by atoms with E-state index in [1.165, 1.54) is 5.56 Å². The molecular weight excluding hydrogens is 264 g/mol. The van der Waals surface area contributed by atoms with Gasteiger partial charge in [0, 0.05) is 6.08 Å². The summed E-state index contributed by atoms with van der Waals surface area (Å²) in [6.07, 6.45) is 2.69. The number of aryl methyl sites for hydroxylation is 1. The van der Waals surface area contributed by atoms with Gasteiger partial charge >= 0.3 is 5.97 Å². The molecule has 3 heteroatoms. The van der Waals surface area contributed by atoms with E-state index in [0.717, 1.165) is 28.5 Å². The molecule has 0 aliphatic carbocycles. The highest BCUT2D eigenvalue weighted by Crippen LogP contribution is 2.21. The van der Waals surface area contributed by atoms with Crippen LogP contribution in [0.3, 0.4) is 0 Å². The van der Waals surface area contributed by atoms with Crippen molar-refractivity contribution in [1.82, 2.24) is 0 Å². The Morgan fingerprint density at radius 3 is 2.52 bits per heavy atom. The predicted molar refractivity (Wildman–Crippen MR) is 83.4 cm³/mol. The number of aliphatic carboxylic acids is 1. The average Bonchev–Trinajstić information content (AvgIpc) is 2.48. The van der Waals surface area contributed by atoms with Crippen molar-refractivity contribution in [1.29, 1.82) is 0 Å². The molecule has 0 aliphatic heterocycles. The maximum absolute atomic E-state index is 10.5. The molecule has 21 heavy (non-hydrogen) atoms. The molecule has 0 amide bonds. The summed E-state index contributed by atoms with van der Waals surface area (Å²) in [6, 6.07) is 13.6. The van der Waals surface area contributed by atoms with Gasteiger partial charge in [-0.1, -0.05) is 36.4 Å². The van der Waals surface area contributed by atoms with Crippen molar-refractivity contribution in [2.75, 3.05) is 0 Å². The molecule has 108 valence electrons. The van der Waals surface area contributed by atoms with Crippen molar-refractivity contribution in [2.24, 2.45) is 0 Å². The van der Waals surface area contributed by atoms with Gasteiger partial charge < -0.3 is 9.84 Å². The van der Waals surface area contributed by atoms with E-state index in [0.29, 0.717) is 6.61 Å². The van der Waals surface area contributed by atoms with Crippen LogP contribution in [0.1, 0.15) is 22.3 Å². The molecule has 2 rings (SSSR count). The fourth-order valence-corrected chi connectivity index (χ4v) is 1.93. The molecule has 0 aliphatic rings. The van der Waals surface area contributed by atoms with Crippen LogP contribution in [0, 0.1) is 13.8 Å². The van der Waals surface area contributed by atoms with Crippen LogP contribution in [0.2, 0.25) is 0 Å². The van der Waals surface area contributed by atoms with Gasteiger partial charge in [0.15, 0.2) is 0 Å². The van der Waals surface area contributed by atoms with E-state index < -0.39 is 5.97 Å². The number of rotatable bonds is 5. The van der Waals surface area contributed by atoms with Crippen LogP contribution in [0.4, 0.5) is 0 Å². The third-order valence-electron chi connectivity index (χ3n) is 3.35. The first-order valence-corrected chi connectivity index (χ1v) is 6.75. The summed E-state index contributed by atoms with van der Waals surface area (Å²) >= 11 is 0. The first-order valence-electron chi connectivity index (χ1n) is 6.75. The van der Waals surface area contributed by atoms with Crippen molar-refractivity contribution >= 4 is 12.0 Å². The van der Waals surface area contributed by atoms with Gasteiger partial charge in [0.1, 0.15) is 12.4 Å². The number of carbonyl (C=O) groups is 1. The lowest BCUT2D eigenvalue weighted by molar-refractivity contribution is -0.131. The summed E-state index contributed by atoms with van der Waals surface area (Å²) in [5, 5.41) is 8.58. The van der Waals surface area contributed by atoms with E-state index in [2.05, 4.69) is 13.0 Å². The number of ether oxygens (including phenoxy) is 1. The zero-order valence-electron chi connectivity index (χ0n) is 12.2. The Morgan fingerprint density at radius 2 is 1.86 bits per heavy atom. The molecule has 0 radical (unpaired) electrons. The SMILES string of the molecule is Cc1cccc(OCc2ccc(C=CC(=O)O)cc2)c1C. The van der Waals surface area contributed by atoms with Crippen LogP contribution in [0.15, 0.2) is 48.5 Å². The molecule has 0 fully saturated rings. The summed E-state index contributed by atoms with van der Waals surface area (Å²) in [5.74, 6) is -0.0535. The van der Waals surface area contributed by atoms with Gasteiger partial charge in [0.2, 0.25) is 0 Å². The van der Waals surface area contributed by atoms with E-state index >= 15 is 0 Å². The van der Waals surface area contributed by atoms with Crippen LogP contribution in [-0.4, -0.2) is 11.1 Å². The smallest absolute Gasteiger partial charge is 0.328 e. The van der Waals surface area contributed by atoms with Gasteiger partial charge in [-0.25, -0.2) is 4.79 Å². The minimum atomic E-state index is -0.947. The minimum Gasteiger partial charge on any atom is -0.489 e. The summed E-state index contributed by atoms with van der Waals surface area (Å²) in [7, 11) is 0. The highest BCUT2D eigenvalue weighted by molar-refractivity contribution is 5.85. The van der Waals surface area contributed by atoms with Gasteiger partial charge in [-0.3, -0.25) is 0 Å². The third kappa shape index (κ3) is 4.21. The molecule has 3 nitrogen and oxygen atoms in total. The molecule has 0 heterocycles. The Bertz CT molecular complexity index is 655. The van der Waals surface area contributed by atoms with E-state index in [-0.39, 0.29) is 0 Å². The molecule has 0 spiro atoms. The quantitative estimate of drug-likeness (QED) is 0.844. The summed E-state index contributed by atoms with van der Waals surface area (Å²) in [6.45, 7) is 4.60. The standard InChI is InChI=1S/C18H18O3/c1-13-4-3-5-17(14(13)2)21-12-16-8-6-15(7-9-16)10-11-18(19)20/h3-11H,12H2,1-2H3,(H,19,20). The molecule has 0 bridgehead atoms. The predicted octanol–water partition coefficient (Wildman–Crippen LogP) is 3.98. The van der Waals surface area contributed by atoms with Crippen LogP contribution >= 0.6 is 0 Å². The molecule has 2 aromatic carbocycles. The van der Waals surface area contributed by atoms with Crippen molar-refractivity contribution in [3.05, 3.63) is 70.8 Å². The zero-order valence-corrected chi connectivity index (χ0v) is 12.2. The Kier molecular flexibility index (Phi) is 4.77. The highest BCUT2D eigenvalue weighted by atomic mass is 16.5. The maximum Gasteiger partial charge on any atom is 0.328 e. The normalized spacial score (nSPS) is 10.8. The fourth-order valence-electron chi connectivity index (χ4n) is 1.93. The van der Waals surface area contributed by atoms with E-state index in [1.54, 1.807) is 6.08 Å². The van der Waals surface area contributed by atoms with Gasteiger partial charge in [-0.05, 0) is 48.2 Å². The minimum absolute atomic E-state index is 0.493. The second-order valence-corrected chi connectivity index (χ2v) is 4.90. The Labute approximate surface area is 124 Å². The number of benzene rings is 2. The molecule has 0 saturated heterocycles. The van der Waals surface area contributed by atoms with Gasteiger partial charge in [0.05, 0.1) is 0 Å². The molecule has 0 unspecified atom stereocenters. The van der Waals surface area contributed by atoms with E-state index in [1.807, 2.05) is 43.3 Å². The Hall–Kier alpha value is -2.55. The highest BCUT2D eigenvalue weighted by Gasteiger charge is 2.02. The van der Waals surface area contributed by atoms with Gasteiger partial charge in [0.25, 0.3) is 0 Å². The number of carboxylic acid groups (broad SMARTS) is 1. The number of carboxylic acids is 1. The van der Waals surface area contributed by atoms with Gasteiger partial charge in [-0.2, -0.15) is 0 Å². The molecule has 0 aromatic heterocycles. The zero-order chi connectivity index (χ0) is 15.2. The van der Waals surface area contributed by atoms with Gasteiger partial charge in [-0.15, -0.1) is 0 Å². The largest absolute Gasteiger partial charge is 0.489 e. The van der Waals surface area contributed by atoms with Crippen molar-refractivity contribution in [3.63, 3.8) is 0 Å². The fraction of sp³-hybridized carbons (Fsp3) is 0.167. The maximum atomic E-state index is 10.5. The molecule has 0 saturated carbocycles. The van der Waals surface area contributed by atoms with Crippen LogP contribution in [0.25, 0.3) is 6.08 Å². The van der Waals surface area contributed by atoms with Crippen molar-refractivity contribution in [2.45, 2.75) is 20.5 Å². The first-order chi connectivity index (χ1) is 10.1. The molecule has 0 atom stereocenters. The lowest BCUT2D eigenvalue weighted by Gasteiger charge is -2.11. The Balaban J connectivity index is 2.01. The number of hydrogen-bond donors (Lipinski definition) is 1. The topological polar surface area (TPSA) is 46.5 Å². The van der Waals surface area contributed by atoms with Crippen molar-refractivity contribution in [3.8, 4) is 5.75 Å². The van der Waals surface area contributed by atoms with Crippen LogP contribution < -0.4 is 4.74 Å². The second kappa shape index (κ2) is 6.75. The summed E-state index contributed by atoms with van der Waals surface area (Å²) < 4.78 is 5.83. The second-order valence-electron chi connectivity index (χ2n) is 4.90. The summed E-state index contributed by atoms with van der Waals surface area (Å²) in [4.78, 5) is 10.5. The Morgan fingerprint density at radius 1 is 1.14 bits per heavy atom. The average molecular weight is 282 g/mol. The molecule has 2 aromatic rings. The number of hydrogen-bond acceptors (Lipinski definition) is 2.